The summed E-state index contributed by atoms with van der Waals surface area (Å²) in [4.78, 5) is 23.1. The Morgan fingerprint density at radius 1 is 1.00 bits per heavy atom. The van der Waals surface area contributed by atoms with Crippen LogP contribution >= 0.6 is 0 Å². The zero-order valence-electron chi connectivity index (χ0n) is 16.7. The maximum Gasteiger partial charge on any atom is 0.319 e. The van der Waals surface area contributed by atoms with Gasteiger partial charge in [-0.25, -0.2) is 4.98 Å². The lowest BCUT2D eigenvalue weighted by Crippen LogP contribution is -2.42. The van der Waals surface area contributed by atoms with E-state index in [2.05, 4.69) is 9.97 Å². The van der Waals surface area contributed by atoms with E-state index in [-0.39, 0.29) is 18.0 Å². The average Bonchev–Trinajstić information content (AvgIpc) is 2.80. The lowest BCUT2D eigenvalue weighted by atomic mass is 10.1. The molecule has 2 heterocycles. The molecule has 7 nitrogen and oxygen atoms in total. The van der Waals surface area contributed by atoms with Crippen molar-refractivity contribution in [1.29, 1.82) is 0 Å². The molecule has 0 bridgehead atoms. The molecule has 0 saturated carbocycles. The monoisotopic (exact) mass is 405 g/mol. The Bertz CT molecular complexity index is 989. The molecular weight excluding hydrogens is 382 g/mol. The van der Waals surface area contributed by atoms with Gasteiger partial charge in [0.25, 0.3) is 5.91 Å². The van der Waals surface area contributed by atoms with E-state index in [4.69, 9.17) is 14.2 Å². The number of likely N-dealkylation sites (tertiary alicyclic amines) is 1. The number of hydrogen-bond donors (Lipinski definition) is 0. The van der Waals surface area contributed by atoms with Crippen molar-refractivity contribution in [3.63, 3.8) is 0 Å². The molecule has 1 fully saturated rings. The van der Waals surface area contributed by atoms with Gasteiger partial charge in [0, 0.05) is 38.2 Å². The minimum Gasteiger partial charge on any atom is -0.474 e. The first-order chi connectivity index (χ1) is 14.7. The summed E-state index contributed by atoms with van der Waals surface area (Å²) in [5.74, 6) is 1.70. The predicted molar refractivity (Wildman–Crippen MR) is 111 cm³/mol. The Kier molecular flexibility index (Phi) is 6.08. The fraction of sp³-hybridized carbons (Fsp3) is 0.261. The molecule has 7 heteroatoms. The molecular formula is C23H23N3O4. The molecule has 2 aromatic carbocycles. The number of aromatic nitrogens is 2. The van der Waals surface area contributed by atoms with E-state index in [1.807, 2.05) is 53.4 Å². The molecule has 0 aliphatic carbocycles. The third-order valence-electron chi connectivity index (χ3n) is 4.90. The lowest BCUT2D eigenvalue weighted by molar-refractivity contribution is 0.0584. The Hall–Kier alpha value is -3.61. The Balaban J connectivity index is 1.39. The van der Waals surface area contributed by atoms with Gasteiger partial charge in [-0.2, -0.15) is 4.98 Å². The first-order valence-corrected chi connectivity index (χ1v) is 9.88. The molecule has 0 radical (unpaired) electrons. The smallest absolute Gasteiger partial charge is 0.319 e. The maximum absolute atomic E-state index is 13.1. The van der Waals surface area contributed by atoms with Crippen molar-refractivity contribution in [2.24, 2.45) is 0 Å². The van der Waals surface area contributed by atoms with E-state index >= 15 is 0 Å². The van der Waals surface area contributed by atoms with Crippen LogP contribution in [0.1, 0.15) is 23.2 Å². The molecule has 0 unspecified atom stereocenters. The molecule has 1 saturated heterocycles. The largest absolute Gasteiger partial charge is 0.474 e. The first kappa shape index (κ1) is 19.7. The molecule has 1 aromatic heterocycles. The summed E-state index contributed by atoms with van der Waals surface area (Å²) < 4.78 is 16.9. The van der Waals surface area contributed by atoms with Crippen LogP contribution in [-0.4, -0.2) is 47.1 Å². The molecule has 1 amide bonds. The van der Waals surface area contributed by atoms with E-state index in [1.165, 1.54) is 7.11 Å². The number of ether oxygens (including phenoxy) is 3. The molecule has 1 aliphatic heterocycles. The highest BCUT2D eigenvalue weighted by molar-refractivity contribution is 5.97. The SMILES string of the molecule is COc1nccc(OC2CCN(C(=O)c3ccccc3Oc3ccccc3)CC2)n1. The molecule has 30 heavy (non-hydrogen) atoms. The zero-order valence-corrected chi connectivity index (χ0v) is 16.7. The van der Waals surface area contributed by atoms with Crippen molar-refractivity contribution in [3.05, 3.63) is 72.4 Å². The highest BCUT2D eigenvalue weighted by atomic mass is 16.5. The van der Waals surface area contributed by atoms with Gasteiger partial charge in [0.15, 0.2) is 0 Å². The summed E-state index contributed by atoms with van der Waals surface area (Å²) in [7, 11) is 1.52. The van der Waals surface area contributed by atoms with Crippen LogP contribution in [0.2, 0.25) is 0 Å². The van der Waals surface area contributed by atoms with E-state index in [1.54, 1.807) is 18.3 Å². The number of amides is 1. The maximum atomic E-state index is 13.1. The van der Waals surface area contributed by atoms with Gasteiger partial charge in [-0.15, -0.1) is 0 Å². The molecule has 0 N–H and O–H groups in total. The Labute approximate surface area is 175 Å². The van der Waals surface area contributed by atoms with Gasteiger partial charge in [0.2, 0.25) is 5.88 Å². The van der Waals surface area contributed by atoms with Crippen LogP contribution in [0, 0.1) is 0 Å². The number of hydrogen-bond acceptors (Lipinski definition) is 6. The number of rotatable bonds is 6. The molecule has 0 spiro atoms. The summed E-state index contributed by atoms with van der Waals surface area (Å²) in [5.41, 5.74) is 0.557. The molecule has 4 rings (SSSR count). The van der Waals surface area contributed by atoms with Crippen LogP contribution in [0.4, 0.5) is 0 Å². The van der Waals surface area contributed by atoms with Crippen molar-refractivity contribution in [2.45, 2.75) is 18.9 Å². The second-order valence-electron chi connectivity index (χ2n) is 6.90. The van der Waals surface area contributed by atoms with Gasteiger partial charge in [0.05, 0.1) is 12.7 Å². The van der Waals surface area contributed by atoms with Crippen molar-refractivity contribution < 1.29 is 19.0 Å². The van der Waals surface area contributed by atoms with Crippen molar-refractivity contribution in [3.8, 4) is 23.4 Å². The van der Waals surface area contributed by atoms with Crippen molar-refractivity contribution in [2.75, 3.05) is 20.2 Å². The van der Waals surface area contributed by atoms with Gasteiger partial charge in [-0.05, 0) is 24.3 Å². The Morgan fingerprint density at radius 3 is 2.50 bits per heavy atom. The number of para-hydroxylation sites is 2. The zero-order chi connectivity index (χ0) is 20.8. The van der Waals surface area contributed by atoms with E-state index in [0.29, 0.717) is 36.0 Å². The number of methoxy groups -OCH3 is 1. The standard InChI is InChI=1S/C23H23N3O4/c1-28-23-24-14-11-21(25-23)30-18-12-15-26(16-13-18)22(27)19-9-5-6-10-20(19)29-17-7-3-2-4-8-17/h2-11,14,18H,12-13,15-16H2,1H3. The number of carbonyl (C=O) groups excluding carboxylic acids is 1. The summed E-state index contributed by atoms with van der Waals surface area (Å²) in [5, 5.41) is 0. The summed E-state index contributed by atoms with van der Waals surface area (Å²) in [6.07, 6.45) is 3.03. The van der Waals surface area contributed by atoms with Crippen molar-refractivity contribution in [1.82, 2.24) is 14.9 Å². The average molecular weight is 405 g/mol. The normalized spacial score (nSPS) is 14.2. The van der Waals surface area contributed by atoms with Gasteiger partial charge in [-0.3, -0.25) is 4.79 Å². The number of carbonyl (C=O) groups is 1. The van der Waals surface area contributed by atoms with E-state index in [9.17, 15) is 4.79 Å². The third-order valence-corrected chi connectivity index (χ3v) is 4.90. The highest BCUT2D eigenvalue weighted by Gasteiger charge is 2.26. The second-order valence-corrected chi connectivity index (χ2v) is 6.90. The van der Waals surface area contributed by atoms with Gasteiger partial charge < -0.3 is 19.1 Å². The van der Waals surface area contributed by atoms with Crippen LogP contribution in [0.15, 0.2) is 66.9 Å². The summed E-state index contributed by atoms with van der Waals surface area (Å²) in [6.45, 7) is 1.21. The van der Waals surface area contributed by atoms with Crippen LogP contribution in [-0.2, 0) is 0 Å². The van der Waals surface area contributed by atoms with Gasteiger partial charge >= 0.3 is 6.01 Å². The van der Waals surface area contributed by atoms with Crippen LogP contribution in [0.5, 0.6) is 23.4 Å². The predicted octanol–water partition coefficient (Wildman–Crippen LogP) is 3.96. The third kappa shape index (κ3) is 4.68. The summed E-state index contributed by atoms with van der Waals surface area (Å²) in [6, 6.07) is 18.8. The fourth-order valence-electron chi connectivity index (χ4n) is 3.35. The minimum atomic E-state index is -0.0383. The quantitative estimate of drug-likeness (QED) is 0.618. The van der Waals surface area contributed by atoms with Gasteiger partial charge in [-0.1, -0.05) is 30.3 Å². The highest BCUT2D eigenvalue weighted by Crippen LogP contribution is 2.27. The molecule has 1 aliphatic rings. The second kappa shape index (κ2) is 9.26. The van der Waals surface area contributed by atoms with Crippen LogP contribution < -0.4 is 14.2 Å². The molecule has 154 valence electrons. The van der Waals surface area contributed by atoms with Crippen LogP contribution in [0.3, 0.4) is 0 Å². The summed E-state index contributed by atoms with van der Waals surface area (Å²) >= 11 is 0. The number of nitrogens with zero attached hydrogens (tertiary/aromatic N) is 3. The fourth-order valence-corrected chi connectivity index (χ4v) is 3.35. The minimum absolute atomic E-state index is 0.00975. The van der Waals surface area contributed by atoms with Crippen molar-refractivity contribution >= 4 is 5.91 Å². The topological polar surface area (TPSA) is 73.8 Å². The number of benzene rings is 2. The van der Waals surface area contributed by atoms with Crippen LogP contribution in [0.25, 0.3) is 0 Å². The molecule has 3 aromatic rings. The molecule has 0 atom stereocenters. The first-order valence-electron chi connectivity index (χ1n) is 9.88. The van der Waals surface area contributed by atoms with Gasteiger partial charge in [0.1, 0.15) is 17.6 Å². The number of piperidine rings is 1. The lowest BCUT2D eigenvalue weighted by Gasteiger charge is -2.32. The van der Waals surface area contributed by atoms with E-state index < -0.39 is 0 Å². The Morgan fingerprint density at radius 2 is 1.73 bits per heavy atom. The van der Waals surface area contributed by atoms with E-state index in [0.717, 1.165) is 12.8 Å².